The summed E-state index contributed by atoms with van der Waals surface area (Å²) in [4.78, 5) is 0. The highest BCUT2D eigenvalue weighted by atomic mass is 31.2. The smallest absolute Gasteiger partial charge is 0.414 e. The van der Waals surface area contributed by atoms with Crippen molar-refractivity contribution in [2.45, 2.75) is 262 Å². The molecule has 0 bridgehead atoms. The van der Waals surface area contributed by atoms with Gasteiger partial charge in [0.05, 0.1) is 6.61 Å². The Bertz CT molecular complexity index is 2630. The zero-order chi connectivity index (χ0) is 56.3. The summed E-state index contributed by atoms with van der Waals surface area (Å²) in [5, 5.41) is 2.24. The lowest BCUT2D eigenvalue weighted by molar-refractivity contribution is 0.353. The van der Waals surface area contributed by atoms with Crippen LogP contribution >= 0.6 is 16.9 Å². The molecule has 0 atom stereocenters. The molecule has 0 aliphatic carbocycles. The van der Waals surface area contributed by atoms with Crippen molar-refractivity contribution in [1.82, 2.24) is 0 Å². The van der Waals surface area contributed by atoms with Crippen molar-refractivity contribution in [2.24, 2.45) is 5.92 Å². The molecule has 0 radical (unpaired) electrons. The van der Waals surface area contributed by atoms with Crippen LogP contribution in [0.2, 0.25) is 0 Å². The van der Waals surface area contributed by atoms with Crippen molar-refractivity contribution in [2.75, 3.05) is 6.61 Å². The largest absolute Gasteiger partial charge is 0.505 e. The summed E-state index contributed by atoms with van der Waals surface area (Å²) in [5.74, 6) is 2.02. The van der Waals surface area contributed by atoms with Gasteiger partial charge in [0.25, 0.3) is 0 Å². The van der Waals surface area contributed by atoms with E-state index in [9.17, 15) is 0 Å². The van der Waals surface area contributed by atoms with E-state index < -0.39 is 16.9 Å². The van der Waals surface area contributed by atoms with Crippen LogP contribution in [0.5, 0.6) is 11.5 Å². The molecule has 0 amide bonds. The first-order valence-corrected chi connectivity index (χ1v) is 29.9. The van der Waals surface area contributed by atoms with Crippen molar-refractivity contribution < 1.29 is 26.2 Å². The van der Waals surface area contributed by atoms with E-state index in [1.807, 2.05) is 0 Å². The zero-order valence-electron chi connectivity index (χ0n) is 51.6. The Morgan fingerprint density at radius 2 is 0.770 bits per heavy atom. The molecule has 0 unspecified atom stereocenters. The Kier molecular flexibility index (Phi) is 18.2. The number of halogens is 1. The predicted molar refractivity (Wildman–Crippen MR) is 320 cm³/mol. The lowest BCUT2D eigenvalue weighted by Gasteiger charge is -2.35. The molecule has 0 fully saturated rings. The fraction of sp³-hybridized carbons (Fsp3) is 0.636. The van der Waals surface area contributed by atoms with Gasteiger partial charge in [-0.25, -0.2) is 0 Å². The Hall–Kier alpha value is -3.30. The third kappa shape index (κ3) is 14.8. The van der Waals surface area contributed by atoms with E-state index in [1.54, 1.807) is 0 Å². The predicted octanol–water partition coefficient (Wildman–Crippen LogP) is 22.1. The van der Waals surface area contributed by atoms with Crippen molar-refractivity contribution in [3.63, 3.8) is 0 Å². The Balaban J connectivity index is 0.000000278. The van der Waals surface area contributed by atoms with E-state index in [2.05, 4.69) is 235 Å². The van der Waals surface area contributed by atoms with Gasteiger partial charge in [-0.1, -0.05) is 243 Å². The lowest BCUT2D eigenvalue weighted by Crippen LogP contribution is -2.22. The number of unbranched alkanes of at least 4 members (excludes halogenated alkanes) is 2. The number of hydrogen-bond donors (Lipinski definition) is 0. The van der Waals surface area contributed by atoms with Gasteiger partial charge in [0.15, 0.2) is 0 Å². The highest BCUT2D eigenvalue weighted by molar-refractivity contribution is 7.42. The minimum absolute atomic E-state index is 0.00588. The van der Waals surface area contributed by atoms with E-state index in [0.717, 1.165) is 56.5 Å². The monoisotopic (exact) mass is 1050 g/mol. The Labute approximate surface area is 453 Å². The minimum Gasteiger partial charge on any atom is -0.414 e. The number of rotatable bonds is 7. The van der Waals surface area contributed by atoms with Crippen LogP contribution in [-0.2, 0) is 43.3 Å². The van der Waals surface area contributed by atoms with Crippen LogP contribution in [0.25, 0.3) is 21.9 Å². The fourth-order valence-corrected chi connectivity index (χ4v) is 11.3. The van der Waals surface area contributed by atoms with Crippen LogP contribution in [-0.4, -0.2) is 6.61 Å². The molecule has 0 saturated heterocycles. The van der Waals surface area contributed by atoms with Gasteiger partial charge >= 0.3 is 16.9 Å². The third-order valence-corrected chi connectivity index (χ3v) is 16.3. The van der Waals surface area contributed by atoms with Crippen molar-refractivity contribution >= 4 is 38.9 Å². The molecular formula is C66H101FO5P2. The van der Waals surface area contributed by atoms with E-state index in [0.29, 0.717) is 18.1 Å². The first kappa shape index (κ1) is 61.6. The SMILES string of the molecule is CC(C)CCCCCOp1oc2c(C(C)(C)C)cc(C(C)(C)C)cc2c2cc(C(C)(C)C)cc(C(C)(C)C)c2o1.CC1c2cc(C(C)(C)C)cc(C(C)(C)C)c2OP(F)Oc2c1cc(C(C)(C)C)cc2C(C)(C)C. The van der Waals surface area contributed by atoms with Crippen LogP contribution < -0.4 is 13.6 Å². The second kappa shape index (κ2) is 21.9. The summed E-state index contributed by atoms with van der Waals surface area (Å²) in [5.41, 5.74) is 12.8. The standard InChI is InChI=1S/C36H57O3P.C30H44FO2P/c1-24(2)18-16-15-17-19-37-40-38-31-27(20-25(33(3,4)5)22-29(31)35(9,10)11)28-21-26(34(6,7)8)23-30(32(28)39-40)36(12,13)14;1-18-21-14-19(27(2,3)4)16-23(29(8,9)10)25(21)32-34(31)33-26-22(18)15-20(28(5,6)7)17-24(26)30(11,12)13/h20-24H,15-19H2,1-14H3;14-18H,1-13H3. The molecule has 1 aliphatic heterocycles. The molecule has 1 aliphatic rings. The summed E-state index contributed by atoms with van der Waals surface area (Å²) in [7, 11) is -4.24. The number of benzene rings is 4. The van der Waals surface area contributed by atoms with Crippen LogP contribution in [0, 0.1) is 5.92 Å². The van der Waals surface area contributed by atoms with Crippen LogP contribution in [0.3, 0.4) is 0 Å². The molecule has 74 heavy (non-hydrogen) atoms. The summed E-state index contributed by atoms with van der Waals surface area (Å²) in [6.45, 7) is 61.1. The molecule has 1 aromatic heterocycles. The molecule has 0 saturated carbocycles. The normalized spacial score (nSPS) is 16.2. The second-order valence-electron chi connectivity index (χ2n) is 30.3. The topological polar surface area (TPSA) is 54.0 Å². The third-order valence-electron chi connectivity index (χ3n) is 14.6. The molecular weight excluding hydrogens is 954 g/mol. The van der Waals surface area contributed by atoms with Crippen molar-refractivity contribution in [1.29, 1.82) is 0 Å². The molecule has 2 heterocycles. The van der Waals surface area contributed by atoms with Gasteiger partial charge in [-0.3, -0.25) is 4.52 Å². The minimum atomic E-state index is -2.63. The summed E-state index contributed by atoms with van der Waals surface area (Å²) >= 11 is 0. The van der Waals surface area contributed by atoms with Gasteiger partial charge in [0.1, 0.15) is 22.7 Å². The Morgan fingerprint density at radius 1 is 0.446 bits per heavy atom. The average Bonchev–Trinajstić information content (AvgIpc) is 3.37. The van der Waals surface area contributed by atoms with Gasteiger partial charge in [-0.05, 0) is 90.0 Å². The number of fused-ring (bicyclic) bond motifs is 5. The van der Waals surface area contributed by atoms with E-state index in [1.165, 1.54) is 52.6 Å². The van der Waals surface area contributed by atoms with E-state index in [4.69, 9.17) is 22.0 Å². The molecule has 0 N–H and O–H groups in total. The highest BCUT2D eigenvalue weighted by Crippen LogP contribution is 2.56. The molecule has 5 aromatic rings. The van der Waals surface area contributed by atoms with Gasteiger partial charge in [0.2, 0.25) is 0 Å². The lowest BCUT2D eigenvalue weighted by atomic mass is 9.74. The molecule has 5 nitrogen and oxygen atoms in total. The van der Waals surface area contributed by atoms with Crippen LogP contribution in [0.1, 0.15) is 274 Å². The number of hydrogen-bond acceptors (Lipinski definition) is 5. The van der Waals surface area contributed by atoms with Crippen molar-refractivity contribution in [3.8, 4) is 11.5 Å². The Morgan fingerprint density at radius 3 is 1.08 bits per heavy atom. The summed E-state index contributed by atoms with van der Waals surface area (Å²) in [6, 6.07) is 18.2. The quantitative estimate of drug-likeness (QED) is 0.120. The van der Waals surface area contributed by atoms with Gasteiger partial charge < -0.3 is 17.4 Å². The molecule has 4 aromatic carbocycles. The zero-order valence-corrected chi connectivity index (χ0v) is 53.4. The maximum Gasteiger partial charge on any atom is 0.505 e. The van der Waals surface area contributed by atoms with Gasteiger partial charge in [0, 0.05) is 50.1 Å². The molecule has 8 heteroatoms. The molecule has 6 rings (SSSR count). The van der Waals surface area contributed by atoms with Gasteiger partial charge in [-0.2, -0.15) is 0 Å². The molecule has 412 valence electrons. The van der Waals surface area contributed by atoms with Gasteiger partial charge in [-0.15, -0.1) is 4.20 Å². The average molecular weight is 1060 g/mol. The fourth-order valence-electron chi connectivity index (χ4n) is 9.49. The van der Waals surface area contributed by atoms with Crippen molar-refractivity contribution in [3.05, 3.63) is 104 Å². The second-order valence-corrected chi connectivity index (χ2v) is 32.1. The van der Waals surface area contributed by atoms with Crippen LogP contribution in [0.15, 0.2) is 56.9 Å². The maximum atomic E-state index is 15.5. The first-order chi connectivity index (χ1) is 33.4. The highest BCUT2D eigenvalue weighted by Gasteiger charge is 2.37. The molecule has 0 spiro atoms. The van der Waals surface area contributed by atoms with E-state index >= 15 is 4.20 Å². The van der Waals surface area contributed by atoms with E-state index in [-0.39, 0.29) is 49.2 Å². The maximum absolute atomic E-state index is 15.5. The van der Waals surface area contributed by atoms with Crippen LogP contribution in [0.4, 0.5) is 4.20 Å². The summed E-state index contributed by atoms with van der Waals surface area (Å²) < 4.78 is 47.7. The first-order valence-electron chi connectivity index (χ1n) is 27.8. The summed E-state index contributed by atoms with van der Waals surface area (Å²) in [6.07, 6.45) is 4.68.